The second-order valence-electron chi connectivity index (χ2n) is 4.60. The second-order valence-corrected chi connectivity index (χ2v) is 4.60. The van der Waals surface area contributed by atoms with Gasteiger partial charge in [0.15, 0.2) is 0 Å². The lowest BCUT2D eigenvalue weighted by molar-refractivity contribution is -0.136. The first-order valence-corrected chi connectivity index (χ1v) is 5.19. The number of hydrogen-bond donors (Lipinski definition) is 1. The molecule has 0 saturated carbocycles. The van der Waals surface area contributed by atoms with Gasteiger partial charge in [-0.25, -0.2) is 0 Å². The third-order valence-corrected chi connectivity index (χ3v) is 3.04. The zero-order valence-electron chi connectivity index (χ0n) is 8.42. The maximum atomic E-state index is 11.7. The fourth-order valence-corrected chi connectivity index (χ4v) is 2.38. The highest BCUT2D eigenvalue weighted by atomic mass is 16.2. The number of likely N-dealkylation sites (tertiary alicyclic amines) is 1. The number of fused-ring (bicyclic) bond motifs is 2. The van der Waals surface area contributed by atoms with Crippen LogP contribution in [0.4, 0.5) is 0 Å². The molecule has 2 heterocycles. The van der Waals surface area contributed by atoms with Crippen LogP contribution in [0.2, 0.25) is 0 Å². The maximum absolute atomic E-state index is 11.7. The average molecular weight is 182 g/mol. The number of carbonyl (C=O) groups is 1. The van der Waals surface area contributed by atoms with E-state index >= 15 is 0 Å². The molecule has 2 fully saturated rings. The van der Waals surface area contributed by atoms with E-state index in [9.17, 15) is 4.79 Å². The molecule has 2 rings (SSSR count). The zero-order chi connectivity index (χ0) is 9.42. The minimum atomic E-state index is 0.150. The van der Waals surface area contributed by atoms with Crippen molar-refractivity contribution in [2.24, 2.45) is 11.8 Å². The summed E-state index contributed by atoms with van der Waals surface area (Å²) in [7, 11) is 0. The minimum absolute atomic E-state index is 0.150. The van der Waals surface area contributed by atoms with Crippen molar-refractivity contribution in [2.75, 3.05) is 19.6 Å². The van der Waals surface area contributed by atoms with Gasteiger partial charge >= 0.3 is 0 Å². The van der Waals surface area contributed by atoms with Crippen LogP contribution in [0.5, 0.6) is 0 Å². The summed E-state index contributed by atoms with van der Waals surface area (Å²) in [6.45, 7) is 6.96. The van der Waals surface area contributed by atoms with E-state index in [1.807, 2.05) is 18.7 Å². The van der Waals surface area contributed by atoms with Crippen LogP contribution < -0.4 is 5.32 Å². The molecule has 3 nitrogen and oxygen atoms in total. The Morgan fingerprint density at radius 3 is 2.85 bits per heavy atom. The SMILES string of the molecule is CC(C)C(=O)N1CC2CNC(C2)C1. The van der Waals surface area contributed by atoms with Crippen LogP contribution in [0.25, 0.3) is 0 Å². The van der Waals surface area contributed by atoms with Crippen molar-refractivity contribution >= 4 is 5.91 Å². The Labute approximate surface area is 79.5 Å². The quantitative estimate of drug-likeness (QED) is 0.639. The fourth-order valence-electron chi connectivity index (χ4n) is 2.38. The molecule has 2 atom stereocenters. The van der Waals surface area contributed by atoms with Crippen LogP contribution in [-0.2, 0) is 4.79 Å². The molecule has 2 aliphatic rings. The van der Waals surface area contributed by atoms with E-state index < -0.39 is 0 Å². The van der Waals surface area contributed by atoms with Gasteiger partial charge in [0.25, 0.3) is 0 Å². The summed E-state index contributed by atoms with van der Waals surface area (Å²) in [6, 6.07) is 0.571. The Hall–Kier alpha value is -0.570. The molecule has 0 aromatic carbocycles. The van der Waals surface area contributed by atoms with Crippen molar-refractivity contribution in [2.45, 2.75) is 26.3 Å². The van der Waals surface area contributed by atoms with Gasteiger partial charge in [-0.05, 0) is 12.3 Å². The van der Waals surface area contributed by atoms with Crippen LogP contribution in [0.3, 0.4) is 0 Å². The smallest absolute Gasteiger partial charge is 0.225 e. The lowest BCUT2D eigenvalue weighted by atomic mass is 9.99. The van der Waals surface area contributed by atoms with Gasteiger partial charge in [-0.3, -0.25) is 4.79 Å². The molecule has 74 valence electrons. The average Bonchev–Trinajstić information content (AvgIpc) is 2.44. The fraction of sp³-hybridized carbons (Fsp3) is 0.900. The normalized spacial score (nSPS) is 32.7. The van der Waals surface area contributed by atoms with Crippen LogP contribution in [0.1, 0.15) is 20.3 Å². The van der Waals surface area contributed by atoms with E-state index in [2.05, 4.69) is 5.32 Å². The van der Waals surface area contributed by atoms with Gasteiger partial charge in [0.05, 0.1) is 0 Å². The van der Waals surface area contributed by atoms with E-state index in [1.54, 1.807) is 0 Å². The molecule has 0 spiro atoms. The van der Waals surface area contributed by atoms with Crippen molar-refractivity contribution in [1.29, 1.82) is 0 Å². The number of nitrogens with zero attached hydrogens (tertiary/aromatic N) is 1. The summed E-state index contributed by atoms with van der Waals surface area (Å²) in [5.74, 6) is 1.18. The number of rotatable bonds is 1. The van der Waals surface area contributed by atoms with Gasteiger partial charge in [0, 0.05) is 31.6 Å². The molecule has 3 heteroatoms. The molecule has 0 aliphatic carbocycles. The van der Waals surface area contributed by atoms with Crippen molar-refractivity contribution in [1.82, 2.24) is 10.2 Å². The van der Waals surface area contributed by atoms with Gasteiger partial charge in [-0.2, -0.15) is 0 Å². The van der Waals surface area contributed by atoms with Crippen LogP contribution in [0.15, 0.2) is 0 Å². The molecule has 13 heavy (non-hydrogen) atoms. The van der Waals surface area contributed by atoms with Gasteiger partial charge in [-0.15, -0.1) is 0 Å². The zero-order valence-corrected chi connectivity index (χ0v) is 8.42. The topological polar surface area (TPSA) is 32.3 Å². The summed E-state index contributed by atoms with van der Waals surface area (Å²) < 4.78 is 0. The first-order valence-electron chi connectivity index (χ1n) is 5.19. The summed E-state index contributed by atoms with van der Waals surface area (Å²) in [4.78, 5) is 13.7. The summed E-state index contributed by atoms with van der Waals surface area (Å²) in [5.41, 5.74) is 0. The standard InChI is InChI=1S/C10H18N2O/c1-7(2)10(13)12-5-8-3-9(6-12)11-4-8/h7-9,11H,3-6H2,1-2H3. The molecule has 2 bridgehead atoms. The molecule has 1 amide bonds. The molecule has 2 aliphatic heterocycles. The Kier molecular flexibility index (Phi) is 2.28. The second kappa shape index (κ2) is 3.29. The van der Waals surface area contributed by atoms with Crippen molar-refractivity contribution in [3.8, 4) is 0 Å². The third kappa shape index (κ3) is 1.70. The van der Waals surface area contributed by atoms with Crippen LogP contribution >= 0.6 is 0 Å². The van der Waals surface area contributed by atoms with E-state index in [0.717, 1.165) is 19.6 Å². The summed E-state index contributed by atoms with van der Waals surface area (Å²) >= 11 is 0. The highest BCUT2D eigenvalue weighted by Crippen LogP contribution is 2.23. The highest BCUT2D eigenvalue weighted by Gasteiger charge is 2.34. The number of carbonyl (C=O) groups excluding carboxylic acids is 1. The summed E-state index contributed by atoms with van der Waals surface area (Å²) in [6.07, 6.45) is 1.27. The van der Waals surface area contributed by atoms with E-state index in [4.69, 9.17) is 0 Å². The Morgan fingerprint density at radius 1 is 1.46 bits per heavy atom. The number of hydrogen-bond acceptors (Lipinski definition) is 2. The van der Waals surface area contributed by atoms with Gasteiger partial charge in [0.2, 0.25) is 5.91 Å². The molecule has 0 aromatic heterocycles. The monoisotopic (exact) mass is 182 g/mol. The lowest BCUT2D eigenvalue weighted by Crippen LogP contribution is -2.45. The lowest BCUT2D eigenvalue weighted by Gasteiger charge is -2.32. The first-order chi connectivity index (χ1) is 6.16. The Morgan fingerprint density at radius 2 is 2.23 bits per heavy atom. The van der Waals surface area contributed by atoms with Crippen LogP contribution in [0, 0.1) is 11.8 Å². The van der Waals surface area contributed by atoms with Crippen molar-refractivity contribution < 1.29 is 4.79 Å². The van der Waals surface area contributed by atoms with Crippen molar-refractivity contribution in [3.05, 3.63) is 0 Å². The Bertz CT molecular complexity index is 203. The van der Waals surface area contributed by atoms with Gasteiger partial charge in [0.1, 0.15) is 0 Å². The van der Waals surface area contributed by atoms with E-state index in [1.165, 1.54) is 6.42 Å². The molecular formula is C10H18N2O. The Balaban J connectivity index is 1.98. The third-order valence-electron chi connectivity index (χ3n) is 3.04. The molecule has 0 radical (unpaired) electrons. The molecular weight excluding hydrogens is 164 g/mol. The largest absolute Gasteiger partial charge is 0.341 e. The number of piperidine rings is 1. The van der Waals surface area contributed by atoms with E-state index in [-0.39, 0.29) is 5.92 Å². The predicted octanol–water partition coefficient (Wildman–Crippen LogP) is 0.463. The molecule has 0 aromatic rings. The van der Waals surface area contributed by atoms with Gasteiger partial charge < -0.3 is 10.2 Å². The molecule has 1 N–H and O–H groups in total. The minimum Gasteiger partial charge on any atom is -0.341 e. The van der Waals surface area contributed by atoms with Crippen molar-refractivity contribution in [3.63, 3.8) is 0 Å². The molecule has 2 saturated heterocycles. The van der Waals surface area contributed by atoms with E-state index in [0.29, 0.717) is 17.9 Å². The highest BCUT2D eigenvalue weighted by molar-refractivity contribution is 5.78. The number of amides is 1. The summed E-state index contributed by atoms with van der Waals surface area (Å²) in [5, 5.41) is 3.45. The predicted molar refractivity (Wildman–Crippen MR) is 51.3 cm³/mol. The molecule has 2 unspecified atom stereocenters. The number of nitrogens with one attached hydrogen (secondary N) is 1. The maximum Gasteiger partial charge on any atom is 0.225 e. The first kappa shape index (κ1) is 9.00. The van der Waals surface area contributed by atoms with Gasteiger partial charge in [-0.1, -0.05) is 13.8 Å². The van der Waals surface area contributed by atoms with Crippen LogP contribution in [-0.4, -0.2) is 36.5 Å².